The van der Waals surface area contributed by atoms with Gasteiger partial charge in [0.05, 0.1) is 6.61 Å². The zero-order valence-electron chi connectivity index (χ0n) is 9.96. The summed E-state index contributed by atoms with van der Waals surface area (Å²) >= 11 is 0. The van der Waals surface area contributed by atoms with Crippen molar-refractivity contribution < 1.29 is 4.74 Å². The summed E-state index contributed by atoms with van der Waals surface area (Å²) in [4.78, 5) is 0. The van der Waals surface area contributed by atoms with E-state index in [-0.39, 0.29) is 0 Å². The molecule has 1 aliphatic carbocycles. The number of hydrogen-bond donors (Lipinski definition) is 2. The molecule has 0 bridgehead atoms. The molecule has 0 radical (unpaired) electrons. The Bertz CT molecular complexity index is 208. The van der Waals surface area contributed by atoms with Crippen LogP contribution >= 0.6 is 0 Å². The zero-order chi connectivity index (χ0) is 10.9. The predicted molar refractivity (Wildman–Crippen MR) is 61.2 cm³/mol. The largest absolute Gasteiger partial charge is 0.381 e. The van der Waals surface area contributed by atoms with E-state index < -0.39 is 0 Å². The summed E-state index contributed by atoms with van der Waals surface area (Å²) in [6, 6.07) is 0.433. The first-order valence-corrected chi connectivity index (χ1v) is 6.17. The van der Waals surface area contributed by atoms with E-state index >= 15 is 0 Å². The molecule has 3 heteroatoms. The Labute approximate surface area is 92.7 Å². The lowest BCUT2D eigenvalue weighted by Gasteiger charge is -2.32. The highest BCUT2D eigenvalue weighted by Gasteiger charge is 2.40. The Kier molecular flexibility index (Phi) is 3.33. The maximum atomic E-state index is 5.67. The van der Waals surface area contributed by atoms with Crippen molar-refractivity contribution in [2.45, 2.75) is 45.6 Å². The van der Waals surface area contributed by atoms with Crippen molar-refractivity contribution in [3.05, 3.63) is 0 Å². The molecular weight excluding hydrogens is 188 g/mol. The van der Waals surface area contributed by atoms with Gasteiger partial charge in [-0.1, -0.05) is 13.8 Å². The van der Waals surface area contributed by atoms with E-state index in [0.29, 0.717) is 17.4 Å². The maximum absolute atomic E-state index is 5.67. The third-order valence-corrected chi connectivity index (χ3v) is 4.18. The van der Waals surface area contributed by atoms with Gasteiger partial charge in [0.25, 0.3) is 0 Å². The van der Waals surface area contributed by atoms with E-state index in [2.05, 4.69) is 19.3 Å². The highest BCUT2D eigenvalue weighted by molar-refractivity contribution is 4.92. The molecule has 2 atom stereocenters. The third kappa shape index (κ3) is 2.71. The second-order valence-electron chi connectivity index (χ2n) is 5.86. The Morgan fingerprint density at radius 3 is 2.60 bits per heavy atom. The monoisotopic (exact) mass is 212 g/mol. The molecule has 2 rings (SSSR count). The molecule has 1 aliphatic heterocycles. The van der Waals surface area contributed by atoms with E-state index in [1.807, 2.05) is 0 Å². The Morgan fingerprint density at radius 2 is 2.13 bits per heavy atom. The second-order valence-corrected chi connectivity index (χ2v) is 5.86. The van der Waals surface area contributed by atoms with Crippen LogP contribution in [0.2, 0.25) is 0 Å². The van der Waals surface area contributed by atoms with Crippen molar-refractivity contribution in [3.63, 3.8) is 0 Å². The molecule has 1 saturated heterocycles. The molecule has 3 nitrogen and oxygen atoms in total. The van der Waals surface area contributed by atoms with Crippen LogP contribution in [0, 0.1) is 17.3 Å². The van der Waals surface area contributed by atoms with Crippen molar-refractivity contribution in [2.75, 3.05) is 13.2 Å². The minimum Gasteiger partial charge on any atom is -0.381 e. The average Bonchev–Trinajstić information content (AvgIpc) is 2.93. The van der Waals surface area contributed by atoms with Gasteiger partial charge in [-0.3, -0.25) is 11.3 Å². The Balaban J connectivity index is 1.88. The lowest BCUT2D eigenvalue weighted by atomic mass is 9.78. The summed E-state index contributed by atoms with van der Waals surface area (Å²) in [5, 5.41) is 0. The van der Waals surface area contributed by atoms with Crippen LogP contribution in [0.5, 0.6) is 0 Å². The molecule has 1 saturated carbocycles. The molecule has 15 heavy (non-hydrogen) atoms. The lowest BCUT2D eigenvalue weighted by molar-refractivity contribution is 0.157. The van der Waals surface area contributed by atoms with E-state index in [0.717, 1.165) is 25.6 Å². The van der Waals surface area contributed by atoms with Crippen LogP contribution in [0.3, 0.4) is 0 Å². The van der Waals surface area contributed by atoms with Crippen molar-refractivity contribution >= 4 is 0 Å². The van der Waals surface area contributed by atoms with Crippen LogP contribution < -0.4 is 11.3 Å². The fourth-order valence-electron chi connectivity index (χ4n) is 2.83. The molecule has 0 aromatic rings. The standard InChI is InChI=1S/C12H24N2O/c1-12(2,10-3-4-10)7-11(14-13)9-5-6-15-8-9/h9-11,14H,3-8,13H2,1-2H3. The minimum atomic E-state index is 0.433. The van der Waals surface area contributed by atoms with E-state index in [1.54, 1.807) is 0 Å². The minimum absolute atomic E-state index is 0.433. The van der Waals surface area contributed by atoms with Gasteiger partial charge in [-0.05, 0) is 37.0 Å². The topological polar surface area (TPSA) is 47.3 Å². The van der Waals surface area contributed by atoms with Crippen molar-refractivity contribution in [2.24, 2.45) is 23.1 Å². The smallest absolute Gasteiger partial charge is 0.0510 e. The number of hydrogen-bond acceptors (Lipinski definition) is 3. The van der Waals surface area contributed by atoms with Gasteiger partial charge in [0.2, 0.25) is 0 Å². The Morgan fingerprint density at radius 1 is 1.40 bits per heavy atom. The molecule has 0 aromatic heterocycles. The molecule has 2 fully saturated rings. The number of hydrazine groups is 1. The van der Waals surface area contributed by atoms with E-state index in [4.69, 9.17) is 10.6 Å². The van der Waals surface area contributed by atoms with Gasteiger partial charge in [-0.15, -0.1) is 0 Å². The van der Waals surface area contributed by atoms with Crippen LogP contribution in [0.4, 0.5) is 0 Å². The highest BCUT2D eigenvalue weighted by Crippen LogP contribution is 2.48. The van der Waals surface area contributed by atoms with Gasteiger partial charge in [-0.25, -0.2) is 0 Å². The van der Waals surface area contributed by atoms with Crippen LogP contribution in [0.15, 0.2) is 0 Å². The number of rotatable bonds is 5. The van der Waals surface area contributed by atoms with Crippen LogP contribution in [-0.2, 0) is 4.74 Å². The molecular formula is C12H24N2O. The third-order valence-electron chi connectivity index (χ3n) is 4.18. The van der Waals surface area contributed by atoms with E-state index in [1.165, 1.54) is 19.3 Å². The number of nitrogens with one attached hydrogen (secondary N) is 1. The first-order chi connectivity index (χ1) is 7.13. The first-order valence-electron chi connectivity index (χ1n) is 6.17. The lowest BCUT2D eigenvalue weighted by Crippen LogP contribution is -2.44. The zero-order valence-corrected chi connectivity index (χ0v) is 9.96. The van der Waals surface area contributed by atoms with Gasteiger partial charge < -0.3 is 4.74 Å². The fraction of sp³-hybridized carbons (Fsp3) is 1.00. The van der Waals surface area contributed by atoms with Gasteiger partial charge in [-0.2, -0.15) is 0 Å². The molecule has 2 unspecified atom stereocenters. The molecule has 1 heterocycles. The van der Waals surface area contributed by atoms with Gasteiger partial charge in [0.15, 0.2) is 0 Å². The summed E-state index contributed by atoms with van der Waals surface area (Å²) in [5.74, 6) is 7.22. The quantitative estimate of drug-likeness (QED) is 0.538. The van der Waals surface area contributed by atoms with Crippen molar-refractivity contribution in [1.29, 1.82) is 0 Å². The van der Waals surface area contributed by atoms with Crippen LogP contribution in [-0.4, -0.2) is 19.3 Å². The van der Waals surface area contributed by atoms with Crippen molar-refractivity contribution in [3.8, 4) is 0 Å². The van der Waals surface area contributed by atoms with Crippen LogP contribution in [0.25, 0.3) is 0 Å². The SMILES string of the molecule is CC(C)(CC(NN)C1CCOC1)C1CC1. The molecule has 88 valence electrons. The molecule has 0 amide bonds. The molecule has 2 aliphatic rings. The normalized spacial score (nSPS) is 29.4. The van der Waals surface area contributed by atoms with Gasteiger partial charge in [0, 0.05) is 18.6 Å². The number of nitrogens with two attached hydrogens (primary N) is 1. The summed E-state index contributed by atoms with van der Waals surface area (Å²) in [6.45, 7) is 6.55. The summed E-state index contributed by atoms with van der Waals surface area (Å²) in [5.41, 5.74) is 3.45. The van der Waals surface area contributed by atoms with Crippen molar-refractivity contribution in [1.82, 2.24) is 5.43 Å². The maximum Gasteiger partial charge on any atom is 0.0510 e. The first kappa shape index (κ1) is 11.4. The predicted octanol–water partition coefficient (Wildman–Crippen LogP) is 1.68. The summed E-state index contributed by atoms with van der Waals surface area (Å²) in [6.07, 6.45) is 5.16. The fourth-order valence-corrected chi connectivity index (χ4v) is 2.83. The number of ether oxygens (including phenoxy) is 1. The summed E-state index contributed by atoms with van der Waals surface area (Å²) < 4.78 is 5.43. The highest BCUT2D eigenvalue weighted by atomic mass is 16.5. The van der Waals surface area contributed by atoms with Crippen LogP contribution in [0.1, 0.15) is 39.5 Å². The van der Waals surface area contributed by atoms with Gasteiger partial charge in [0.1, 0.15) is 0 Å². The van der Waals surface area contributed by atoms with E-state index in [9.17, 15) is 0 Å². The summed E-state index contributed by atoms with van der Waals surface area (Å²) in [7, 11) is 0. The van der Waals surface area contributed by atoms with Gasteiger partial charge >= 0.3 is 0 Å². The Hall–Kier alpha value is -0.120. The molecule has 3 N–H and O–H groups in total. The average molecular weight is 212 g/mol. The second kappa shape index (κ2) is 4.40. The molecule has 0 spiro atoms. The molecule has 0 aromatic carbocycles.